The van der Waals surface area contributed by atoms with Crippen molar-refractivity contribution in [2.45, 2.75) is 124 Å². The van der Waals surface area contributed by atoms with Crippen LogP contribution in [0.5, 0.6) is 0 Å². The Labute approximate surface area is 305 Å². The van der Waals surface area contributed by atoms with Crippen LogP contribution in [0.3, 0.4) is 0 Å². The lowest BCUT2D eigenvalue weighted by atomic mass is 10.0. The Kier molecular flexibility index (Phi) is 11.4. The molecule has 1 aliphatic heterocycles. The van der Waals surface area contributed by atoms with Crippen LogP contribution in [0.4, 0.5) is 15.4 Å². The monoisotopic (exact) mass is 725 g/mol. The lowest BCUT2D eigenvalue weighted by Crippen LogP contribution is -2.44. The van der Waals surface area contributed by atoms with Gasteiger partial charge in [0.15, 0.2) is 5.79 Å². The predicted molar refractivity (Wildman–Crippen MR) is 198 cm³/mol. The van der Waals surface area contributed by atoms with Gasteiger partial charge in [0, 0.05) is 55.4 Å². The van der Waals surface area contributed by atoms with Crippen molar-refractivity contribution in [1.82, 2.24) is 29.3 Å². The van der Waals surface area contributed by atoms with Gasteiger partial charge >= 0.3 is 12.2 Å². The first-order chi connectivity index (χ1) is 23.9. The van der Waals surface area contributed by atoms with Gasteiger partial charge in [-0.25, -0.2) is 24.5 Å². The van der Waals surface area contributed by atoms with E-state index in [1.807, 2.05) is 86.9 Å². The molecule has 4 heterocycles. The Hall–Kier alpha value is -3.75. The van der Waals surface area contributed by atoms with Crippen molar-refractivity contribution < 1.29 is 28.5 Å². The van der Waals surface area contributed by atoms with E-state index >= 15 is 0 Å². The second-order valence-electron chi connectivity index (χ2n) is 16.0. The molecule has 2 fully saturated rings. The zero-order chi connectivity index (χ0) is 37.3. The van der Waals surface area contributed by atoms with Gasteiger partial charge in [-0.2, -0.15) is 0 Å². The number of nitrogen functional groups attached to an aromatic ring is 1. The van der Waals surface area contributed by atoms with Crippen LogP contribution >= 0.6 is 11.3 Å². The molecule has 3 aromatic rings. The van der Waals surface area contributed by atoms with Gasteiger partial charge in [-0.15, -0.1) is 11.3 Å². The minimum atomic E-state index is -0.822. The number of ether oxygens (including phenoxy) is 4. The molecule has 2 aliphatic rings. The predicted octanol–water partition coefficient (Wildman–Crippen LogP) is 7.44. The molecule has 5 rings (SSSR count). The molecule has 1 aliphatic carbocycles. The number of anilines is 1. The van der Waals surface area contributed by atoms with Gasteiger partial charge in [0.05, 0.1) is 17.5 Å². The van der Waals surface area contributed by atoms with E-state index in [1.54, 1.807) is 16.0 Å². The third-order valence-electron chi connectivity index (χ3n) is 9.09. The highest BCUT2D eigenvalue weighted by atomic mass is 32.1. The van der Waals surface area contributed by atoms with Gasteiger partial charge in [0.1, 0.15) is 40.1 Å². The summed E-state index contributed by atoms with van der Waals surface area (Å²) in [6, 6.07) is -0.162. The van der Waals surface area contributed by atoms with Crippen LogP contribution in [0.1, 0.15) is 94.5 Å². The number of carbonyl (C=O) groups is 2. The Bertz CT molecular complexity index is 1710. The third-order valence-corrected chi connectivity index (χ3v) is 9.90. The second-order valence-corrected chi connectivity index (χ2v) is 16.9. The summed E-state index contributed by atoms with van der Waals surface area (Å²) < 4.78 is 26.9. The van der Waals surface area contributed by atoms with E-state index in [2.05, 4.69) is 19.5 Å². The summed E-state index contributed by atoms with van der Waals surface area (Å²) in [6.45, 7) is 20.8. The van der Waals surface area contributed by atoms with Crippen molar-refractivity contribution in [3.63, 3.8) is 0 Å². The fourth-order valence-electron chi connectivity index (χ4n) is 6.78. The maximum Gasteiger partial charge on any atom is 0.410 e. The molecular weight excluding hydrogens is 671 g/mol. The fraction of sp³-hybridized carbons (Fsp3) is 0.649. The molecule has 4 atom stereocenters. The zero-order valence-electron chi connectivity index (χ0n) is 31.8. The highest BCUT2D eigenvalue weighted by Gasteiger charge is 2.55. The smallest absolute Gasteiger partial charge is 0.410 e. The molecule has 0 spiro atoms. The number of nitrogens with two attached hydrogens (primary N) is 1. The van der Waals surface area contributed by atoms with Crippen molar-refractivity contribution >= 4 is 40.4 Å². The summed E-state index contributed by atoms with van der Waals surface area (Å²) in [6.07, 6.45) is 7.89. The zero-order valence-corrected chi connectivity index (χ0v) is 32.6. The number of carbonyl (C=O) groups excluding carboxylic acids is 2. The molecule has 14 heteroatoms. The summed E-state index contributed by atoms with van der Waals surface area (Å²) in [5.74, 6) is -0.526. The summed E-state index contributed by atoms with van der Waals surface area (Å²) in [5.41, 5.74) is 7.87. The molecule has 0 radical (unpaired) electrons. The third kappa shape index (κ3) is 9.38. The van der Waals surface area contributed by atoms with Crippen LogP contribution in [-0.4, -0.2) is 96.9 Å². The first kappa shape index (κ1) is 38.5. The number of rotatable bonds is 11. The van der Waals surface area contributed by atoms with Crippen molar-refractivity contribution in [2.24, 2.45) is 5.92 Å². The normalized spacial score (nSPS) is 21.9. The summed E-state index contributed by atoms with van der Waals surface area (Å²) in [5, 5.41) is 3.51. The molecule has 51 heavy (non-hydrogen) atoms. The summed E-state index contributed by atoms with van der Waals surface area (Å²) in [7, 11) is 0. The average Bonchev–Trinajstić information content (AvgIpc) is 3.80. The van der Waals surface area contributed by atoms with Crippen LogP contribution in [0.25, 0.3) is 21.6 Å². The number of amides is 2. The van der Waals surface area contributed by atoms with E-state index in [0.29, 0.717) is 50.5 Å². The van der Waals surface area contributed by atoms with E-state index in [1.165, 1.54) is 23.2 Å². The Morgan fingerprint density at radius 1 is 1.02 bits per heavy atom. The number of aromatic nitrogens is 4. The van der Waals surface area contributed by atoms with Crippen molar-refractivity contribution in [3.05, 3.63) is 35.8 Å². The summed E-state index contributed by atoms with van der Waals surface area (Å²) >= 11 is 1.53. The number of allylic oxidation sites excluding steroid dienone is 1. The maximum absolute atomic E-state index is 13.8. The molecule has 3 aromatic heterocycles. The fourth-order valence-corrected chi connectivity index (χ4v) is 7.44. The first-order valence-electron chi connectivity index (χ1n) is 17.8. The first-order valence-corrected chi connectivity index (χ1v) is 18.7. The lowest BCUT2D eigenvalue weighted by molar-refractivity contribution is -0.160. The number of nitrogens with zero attached hydrogens (tertiary/aromatic N) is 6. The Morgan fingerprint density at radius 3 is 2.29 bits per heavy atom. The molecule has 1 saturated heterocycles. The van der Waals surface area contributed by atoms with E-state index in [9.17, 15) is 9.59 Å². The highest BCUT2D eigenvalue weighted by Crippen LogP contribution is 2.49. The van der Waals surface area contributed by atoms with E-state index < -0.39 is 23.1 Å². The number of hydrogen-bond donors (Lipinski definition) is 1. The molecule has 280 valence electrons. The summed E-state index contributed by atoms with van der Waals surface area (Å²) in [4.78, 5) is 44.0. The van der Waals surface area contributed by atoms with Gasteiger partial charge in [0.2, 0.25) is 0 Å². The maximum atomic E-state index is 13.8. The standard InChI is InChI=1S/C37H55N7O6S/c1-11-23(2)13-17-42(33(45)49-35(3,4)5)15-12-16-43(34(46)50-36(6,7)8)20-24-19-26(29-28(24)47-37(9,10)48-29)44-21-25(32-39-14-18-51-32)27-30(38)40-22-41-31(27)44/h11,14,18,21-22,24,26,28-29H,12-13,15-17,19-20H2,1-10H3,(H2,38,40,41)/b23-11+/t24-,26-,28-,29+/m1/s1. The quantitative estimate of drug-likeness (QED) is 0.198. The number of hydrogen-bond acceptors (Lipinski definition) is 11. The molecule has 0 aromatic carbocycles. The molecule has 1 saturated carbocycles. The second kappa shape index (κ2) is 15.1. The van der Waals surface area contributed by atoms with Crippen LogP contribution in [0, 0.1) is 5.92 Å². The van der Waals surface area contributed by atoms with E-state index in [-0.39, 0.29) is 30.3 Å². The Balaban J connectivity index is 1.40. The minimum Gasteiger partial charge on any atom is -0.444 e. The minimum absolute atomic E-state index is 0.0893. The van der Waals surface area contributed by atoms with Crippen molar-refractivity contribution in [2.75, 3.05) is 31.9 Å². The molecule has 2 amide bonds. The van der Waals surface area contributed by atoms with Gasteiger partial charge in [-0.3, -0.25) is 0 Å². The van der Waals surface area contributed by atoms with Crippen molar-refractivity contribution in [3.8, 4) is 10.6 Å². The average molecular weight is 726 g/mol. The topological polar surface area (TPSA) is 147 Å². The molecule has 0 bridgehead atoms. The Morgan fingerprint density at radius 2 is 1.67 bits per heavy atom. The van der Waals surface area contributed by atoms with Crippen LogP contribution in [0.2, 0.25) is 0 Å². The molecular formula is C37H55N7O6S. The molecule has 2 N–H and O–H groups in total. The largest absolute Gasteiger partial charge is 0.444 e. The number of thiazole rings is 1. The molecule has 0 unspecified atom stereocenters. The lowest BCUT2D eigenvalue weighted by Gasteiger charge is -2.32. The van der Waals surface area contributed by atoms with Crippen LogP contribution < -0.4 is 5.73 Å². The number of fused-ring (bicyclic) bond motifs is 2. The van der Waals surface area contributed by atoms with Gasteiger partial charge in [-0.1, -0.05) is 11.6 Å². The van der Waals surface area contributed by atoms with Crippen LogP contribution in [0.15, 0.2) is 35.8 Å². The molecule has 13 nitrogen and oxygen atoms in total. The van der Waals surface area contributed by atoms with Crippen molar-refractivity contribution in [1.29, 1.82) is 0 Å². The van der Waals surface area contributed by atoms with Gasteiger partial charge in [0.25, 0.3) is 0 Å². The van der Waals surface area contributed by atoms with Crippen LogP contribution in [-0.2, 0) is 18.9 Å². The van der Waals surface area contributed by atoms with Gasteiger partial charge in [-0.05, 0) is 88.5 Å². The highest BCUT2D eigenvalue weighted by molar-refractivity contribution is 7.13. The van der Waals surface area contributed by atoms with E-state index in [0.717, 1.165) is 22.4 Å². The SMILES string of the molecule is C/C=C(\C)CCN(CCCN(C[C@H]1C[C@@H](n2cc(-c3nccs3)c3c(N)ncnc32)[C@@H]2OC(C)(C)O[C@H]12)C(=O)OC(C)(C)C)C(=O)OC(C)(C)C. The van der Waals surface area contributed by atoms with Gasteiger partial charge < -0.3 is 39.0 Å². The van der Waals surface area contributed by atoms with E-state index in [4.69, 9.17) is 24.7 Å².